The average molecular weight is 310 g/mol. The van der Waals surface area contributed by atoms with Gasteiger partial charge in [0, 0.05) is 16.8 Å². The van der Waals surface area contributed by atoms with Crippen LogP contribution in [0.15, 0.2) is 23.1 Å². The molecule has 2 aliphatic rings. The summed E-state index contributed by atoms with van der Waals surface area (Å²) in [5.41, 5.74) is 0.137. The van der Waals surface area contributed by atoms with E-state index in [0.29, 0.717) is 10.1 Å². The minimum absolute atomic E-state index is 0.00317. The summed E-state index contributed by atoms with van der Waals surface area (Å²) < 4.78 is 19.9. The number of hydrogen-bond acceptors (Lipinski definition) is 3. The summed E-state index contributed by atoms with van der Waals surface area (Å²) in [5.74, 6) is -1.35. The van der Waals surface area contributed by atoms with Gasteiger partial charge >= 0.3 is 5.97 Å². The van der Waals surface area contributed by atoms with Gasteiger partial charge in [-0.05, 0) is 43.9 Å². The van der Waals surface area contributed by atoms with E-state index >= 15 is 0 Å². The lowest BCUT2D eigenvalue weighted by molar-refractivity contribution is -0.0704. The van der Waals surface area contributed by atoms with E-state index in [9.17, 15) is 9.18 Å². The topological polar surface area (TPSA) is 46.5 Å². The van der Waals surface area contributed by atoms with Crippen LogP contribution in [0.5, 0.6) is 0 Å². The number of thioether (sulfide) groups is 1. The van der Waals surface area contributed by atoms with Gasteiger partial charge in [-0.25, -0.2) is 9.18 Å². The van der Waals surface area contributed by atoms with Crippen molar-refractivity contribution in [1.29, 1.82) is 0 Å². The molecule has 0 aromatic heterocycles. The van der Waals surface area contributed by atoms with E-state index in [1.165, 1.54) is 42.8 Å². The van der Waals surface area contributed by atoms with Crippen molar-refractivity contribution in [3.05, 3.63) is 29.6 Å². The van der Waals surface area contributed by atoms with Gasteiger partial charge in [0.1, 0.15) is 5.82 Å². The first-order chi connectivity index (χ1) is 10.1. The van der Waals surface area contributed by atoms with Crippen LogP contribution < -0.4 is 0 Å². The Morgan fingerprint density at radius 1 is 1.38 bits per heavy atom. The molecular weight excluding hydrogens is 291 g/mol. The zero-order chi connectivity index (χ0) is 14.9. The predicted molar refractivity (Wildman–Crippen MR) is 79.4 cm³/mol. The molecule has 1 N–H and O–H groups in total. The molecule has 1 heterocycles. The molecule has 21 heavy (non-hydrogen) atoms. The van der Waals surface area contributed by atoms with E-state index in [0.717, 1.165) is 32.3 Å². The van der Waals surface area contributed by atoms with Crippen LogP contribution in [0.1, 0.15) is 48.9 Å². The van der Waals surface area contributed by atoms with Gasteiger partial charge in [-0.15, -0.1) is 11.8 Å². The highest BCUT2D eigenvalue weighted by atomic mass is 32.2. The molecule has 1 saturated carbocycles. The molecule has 1 aromatic rings. The molecule has 1 aliphatic carbocycles. The fourth-order valence-electron chi connectivity index (χ4n) is 3.36. The maximum absolute atomic E-state index is 13.9. The maximum Gasteiger partial charge on any atom is 0.335 e. The second-order valence-electron chi connectivity index (χ2n) is 5.92. The highest BCUT2D eigenvalue weighted by Crippen LogP contribution is 2.44. The lowest BCUT2D eigenvalue weighted by Crippen LogP contribution is -2.38. The number of ether oxygens (including phenoxy) is 1. The fraction of sp³-hybridized carbons (Fsp3) is 0.562. The molecule has 1 saturated heterocycles. The molecular formula is C16H19FO3S. The monoisotopic (exact) mass is 310 g/mol. The van der Waals surface area contributed by atoms with Gasteiger partial charge in [-0.1, -0.05) is 12.8 Å². The van der Waals surface area contributed by atoms with E-state index in [4.69, 9.17) is 9.84 Å². The summed E-state index contributed by atoms with van der Waals surface area (Å²) >= 11 is 1.47. The Labute approximate surface area is 127 Å². The van der Waals surface area contributed by atoms with E-state index < -0.39 is 5.97 Å². The van der Waals surface area contributed by atoms with Gasteiger partial charge in [-0.3, -0.25) is 0 Å². The zero-order valence-corrected chi connectivity index (χ0v) is 12.6. The average Bonchev–Trinajstić information content (AvgIpc) is 2.89. The van der Waals surface area contributed by atoms with Crippen molar-refractivity contribution in [3.63, 3.8) is 0 Å². The van der Waals surface area contributed by atoms with Crippen LogP contribution >= 0.6 is 11.8 Å². The lowest BCUT2D eigenvalue weighted by atomic mass is 9.92. The largest absolute Gasteiger partial charge is 0.478 e. The quantitative estimate of drug-likeness (QED) is 0.912. The van der Waals surface area contributed by atoms with Crippen molar-refractivity contribution >= 4 is 17.7 Å². The number of rotatable bonds is 3. The number of aromatic carboxylic acids is 1. The minimum atomic E-state index is -1.02. The standard InChI is InChI=1S/C16H19FO3S/c17-13-4-3-11(15(18)19)9-14(13)21-12-5-8-20-16(10-12)6-1-2-7-16/h3-4,9,12H,1-2,5-8,10H2,(H,18,19). The number of benzene rings is 1. The molecule has 1 spiro atoms. The van der Waals surface area contributed by atoms with Crippen molar-refractivity contribution in [2.45, 2.75) is 54.3 Å². The Bertz CT molecular complexity index is 540. The Morgan fingerprint density at radius 3 is 2.86 bits per heavy atom. The van der Waals surface area contributed by atoms with E-state index in [-0.39, 0.29) is 17.0 Å². The highest BCUT2D eigenvalue weighted by molar-refractivity contribution is 8.00. The van der Waals surface area contributed by atoms with Gasteiger partial charge in [-0.2, -0.15) is 0 Å². The molecule has 1 atom stereocenters. The van der Waals surface area contributed by atoms with E-state index in [2.05, 4.69) is 0 Å². The summed E-state index contributed by atoms with van der Waals surface area (Å²) in [5, 5.41) is 9.32. The van der Waals surface area contributed by atoms with Crippen molar-refractivity contribution in [2.24, 2.45) is 0 Å². The van der Waals surface area contributed by atoms with Crippen molar-refractivity contribution in [1.82, 2.24) is 0 Å². The summed E-state index contributed by atoms with van der Waals surface area (Å²) in [4.78, 5) is 11.4. The van der Waals surface area contributed by atoms with Crippen LogP contribution in [-0.4, -0.2) is 28.5 Å². The van der Waals surface area contributed by atoms with Crippen LogP contribution in [0.4, 0.5) is 4.39 Å². The van der Waals surface area contributed by atoms with Gasteiger partial charge in [0.05, 0.1) is 11.2 Å². The Balaban J connectivity index is 1.74. The number of carboxylic acids is 1. The van der Waals surface area contributed by atoms with Gasteiger partial charge in [0.2, 0.25) is 0 Å². The maximum atomic E-state index is 13.9. The Hall–Kier alpha value is -1.07. The summed E-state index contributed by atoms with van der Waals surface area (Å²) in [6, 6.07) is 4.00. The first kappa shape index (κ1) is 14.9. The van der Waals surface area contributed by atoms with E-state index in [1.54, 1.807) is 0 Å². The molecule has 0 bridgehead atoms. The number of halogens is 1. The first-order valence-electron chi connectivity index (χ1n) is 7.41. The normalized spacial score (nSPS) is 24.3. The van der Waals surface area contributed by atoms with Crippen LogP contribution in [0.3, 0.4) is 0 Å². The zero-order valence-electron chi connectivity index (χ0n) is 11.8. The highest BCUT2D eigenvalue weighted by Gasteiger charge is 2.40. The first-order valence-corrected chi connectivity index (χ1v) is 8.29. The van der Waals surface area contributed by atoms with Crippen LogP contribution in [0.2, 0.25) is 0 Å². The molecule has 3 rings (SSSR count). The third-order valence-electron chi connectivity index (χ3n) is 4.43. The Kier molecular flexibility index (Phi) is 4.22. The van der Waals surface area contributed by atoms with Crippen LogP contribution in [0, 0.1) is 5.82 Å². The van der Waals surface area contributed by atoms with E-state index in [1.807, 2.05) is 0 Å². The predicted octanol–water partition coefficient (Wildman–Crippen LogP) is 4.11. The summed E-state index contributed by atoms with van der Waals surface area (Å²) in [7, 11) is 0. The molecule has 114 valence electrons. The minimum Gasteiger partial charge on any atom is -0.478 e. The van der Waals surface area contributed by atoms with Crippen LogP contribution in [0.25, 0.3) is 0 Å². The molecule has 0 amide bonds. The third-order valence-corrected chi connectivity index (χ3v) is 5.74. The lowest BCUT2D eigenvalue weighted by Gasteiger charge is -2.38. The molecule has 3 nitrogen and oxygen atoms in total. The summed E-state index contributed by atoms with van der Waals surface area (Å²) in [6.45, 7) is 0.720. The Morgan fingerprint density at radius 2 is 2.14 bits per heavy atom. The molecule has 1 aromatic carbocycles. The number of hydrogen-bond donors (Lipinski definition) is 1. The van der Waals surface area contributed by atoms with Crippen molar-refractivity contribution < 1.29 is 19.0 Å². The SMILES string of the molecule is O=C(O)c1ccc(F)c(SC2CCOC3(CCCC3)C2)c1. The third kappa shape index (κ3) is 3.24. The van der Waals surface area contributed by atoms with Crippen molar-refractivity contribution in [2.75, 3.05) is 6.61 Å². The second kappa shape index (κ2) is 5.97. The molecule has 2 fully saturated rings. The van der Waals surface area contributed by atoms with Gasteiger partial charge < -0.3 is 9.84 Å². The molecule has 1 unspecified atom stereocenters. The second-order valence-corrected chi connectivity index (χ2v) is 7.26. The summed E-state index contributed by atoms with van der Waals surface area (Å²) in [6.07, 6.45) is 6.45. The molecule has 5 heteroatoms. The smallest absolute Gasteiger partial charge is 0.335 e. The van der Waals surface area contributed by atoms with Crippen molar-refractivity contribution in [3.8, 4) is 0 Å². The molecule has 0 radical (unpaired) electrons. The fourth-order valence-corrected chi connectivity index (χ4v) is 4.69. The number of carbonyl (C=O) groups is 1. The molecule has 1 aliphatic heterocycles. The van der Waals surface area contributed by atoms with Gasteiger partial charge in [0.25, 0.3) is 0 Å². The number of carboxylic acid groups (broad SMARTS) is 1. The van der Waals surface area contributed by atoms with Crippen LogP contribution in [-0.2, 0) is 4.74 Å². The van der Waals surface area contributed by atoms with Gasteiger partial charge in [0.15, 0.2) is 0 Å².